The van der Waals surface area contributed by atoms with E-state index in [0.29, 0.717) is 31.4 Å². The lowest BCUT2D eigenvalue weighted by Crippen LogP contribution is -2.54. The van der Waals surface area contributed by atoms with Crippen LogP contribution < -0.4 is 38.1 Å². The smallest absolute Gasteiger partial charge is 0.243 e. The summed E-state index contributed by atoms with van der Waals surface area (Å²) in [6.45, 7) is 3.43. The van der Waals surface area contributed by atoms with Crippen molar-refractivity contribution >= 4 is 57.0 Å². The molecule has 2 rings (SSSR count). The molecule has 0 unspecified atom stereocenters. The molecule has 1 aromatic carbocycles. The molecular formula is C24H36N10O4S. The summed E-state index contributed by atoms with van der Waals surface area (Å²) < 4.78 is 0.840. The van der Waals surface area contributed by atoms with E-state index in [0.717, 1.165) is 4.70 Å². The largest absolute Gasteiger partial charge is 0.370 e. The number of nitrogens with one attached hydrogen (secondary N) is 7. The lowest BCUT2D eigenvalue weighted by atomic mass is 10.1. The van der Waals surface area contributed by atoms with E-state index in [1.165, 1.54) is 25.2 Å². The molecule has 1 heterocycles. The molecule has 0 fully saturated rings. The quantitative estimate of drug-likeness (QED) is 0.0589. The van der Waals surface area contributed by atoms with Crippen molar-refractivity contribution in [1.29, 1.82) is 10.8 Å². The number of ketones is 1. The van der Waals surface area contributed by atoms with E-state index in [1.54, 1.807) is 6.07 Å². The Morgan fingerprint density at radius 3 is 2.05 bits per heavy atom. The molecule has 0 aliphatic heterocycles. The van der Waals surface area contributed by atoms with E-state index in [-0.39, 0.29) is 35.6 Å². The number of nitrogens with two attached hydrogens (primary N) is 2. The second-order valence-electron chi connectivity index (χ2n) is 8.86. The van der Waals surface area contributed by atoms with Gasteiger partial charge in [-0.15, -0.1) is 11.3 Å². The number of carbonyl (C=O) groups excluding carboxylic acids is 4. The molecule has 0 spiro atoms. The molecule has 39 heavy (non-hydrogen) atoms. The third kappa shape index (κ3) is 10.6. The van der Waals surface area contributed by atoms with Gasteiger partial charge >= 0.3 is 0 Å². The van der Waals surface area contributed by atoms with E-state index in [9.17, 15) is 19.2 Å². The van der Waals surface area contributed by atoms with Crippen molar-refractivity contribution in [3.63, 3.8) is 0 Å². The minimum absolute atomic E-state index is 0.199. The van der Waals surface area contributed by atoms with Gasteiger partial charge in [0.15, 0.2) is 16.9 Å². The minimum atomic E-state index is -1.01. The Labute approximate surface area is 230 Å². The van der Waals surface area contributed by atoms with E-state index < -0.39 is 35.8 Å². The number of hydrogen-bond donors (Lipinski definition) is 9. The molecule has 0 saturated carbocycles. The van der Waals surface area contributed by atoms with Crippen molar-refractivity contribution in [2.24, 2.45) is 11.5 Å². The molecule has 1 aromatic heterocycles. The number of aromatic nitrogens is 1. The number of benzene rings is 1. The molecule has 11 N–H and O–H groups in total. The topological polar surface area (TPSA) is 241 Å². The van der Waals surface area contributed by atoms with Crippen LogP contribution in [0, 0.1) is 10.8 Å². The second-order valence-corrected chi connectivity index (χ2v) is 9.89. The Bertz CT molecular complexity index is 1170. The van der Waals surface area contributed by atoms with Gasteiger partial charge in [0, 0.05) is 20.0 Å². The number of para-hydroxylation sites is 1. The summed E-state index contributed by atoms with van der Waals surface area (Å²) in [4.78, 5) is 55.2. The van der Waals surface area contributed by atoms with E-state index in [1.807, 2.05) is 18.2 Å². The minimum Gasteiger partial charge on any atom is -0.370 e. The molecule has 0 bridgehead atoms. The third-order valence-electron chi connectivity index (χ3n) is 5.55. The summed E-state index contributed by atoms with van der Waals surface area (Å²) in [7, 11) is 0. The van der Waals surface area contributed by atoms with Crippen LogP contribution in [0.4, 0.5) is 0 Å². The van der Waals surface area contributed by atoms with Crippen molar-refractivity contribution in [3.8, 4) is 0 Å². The van der Waals surface area contributed by atoms with Gasteiger partial charge in [-0.2, -0.15) is 0 Å². The fraction of sp³-hybridized carbons (Fsp3) is 0.458. The maximum Gasteiger partial charge on any atom is 0.243 e. The summed E-state index contributed by atoms with van der Waals surface area (Å²) in [6, 6.07) is 4.49. The second kappa shape index (κ2) is 15.2. The maximum atomic E-state index is 13.3. The summed E-state index contributed by atoms with van der Waals surface area (Å²) in [5.74, 6) is -2.31. The van der Waals surface area contributed by atoms with E-state index in [4.69, 9.17) is 22.3 Å². The van der Waals surface area contributed by atoms with Crippen molar-refractivity contribution in [2.75, 3.05) is 13.1 Å². The van der Waals surface area contributed by atoms with Crippen LogP contribution in [0.2, 0.25) is 0 Å². The van der Waals surface area contributed by atoms with Gasteiger partial charge in [-0.1, -0.05) is 12.1 Å². The standard InChI is InChI=1S/C24H36N10O4S/c1-13(31-21(38)17(32-14(2)35)9-6-12-30-24(27)28)20(37)33-16(8-5-11-29-23(25)26)19(36)22-34-15-7-3-4-10-18(15)39-22/h3-4,7,10,13,16-17H,5-6,8-9,11-12H2,1-2H3,(H,31,38)(H,32,35)(H,33,37)(H4,25,26,29)(H4,27,28,30)/t13-,16-,17+/m0/s1. The predicted octanol–water partition coefficient (Wildman–Crippen LogP) is -0.500. The van der Waals surface area contributed by atoms with Crippen molar-refractivity contribution in [1.82, 2.24) is 31.6 Å². The first kappa shape index (κ1) is 31.0. The highest BCUT2D eigenvalue weighted by molar-refractivity contribution is 7.20. The highest BCUT2D eigenvalue weighted by Crippen LogP contribution is 2.23. The van der Waals surface area contributed by atoms with Gasteiger partial charge in [0.05, 0.1) is 16.3 Å². The average Bonchev–Trinajstić information content (AvgIpc) is 3.31. The third-order valence-corrected chi connectivity index (χ3v) is 6.60. The van der Waals surface area contributed by atoms with Gasteiger partial charge in [-0.05, 0) is 44.7 Å². The number of Topliss-reactive ketones (excluding diaryl/α,β-unsaturated/α-hetero) is 1. The molecule has 2 aromatic rings. The zero-order valence-corrected chi connectivity index (χ0v) is 22.7. The molecule has 0 radical (unpaired) electrons. The van der Waals surface area contributed by atoms with Crippen LogP contribution in [0.3, 0.4) is 0 Å². The molecule has 0 saturated heterocycles. The fourth-order valence-electron chi connectivity index (χ4n) is 3.64. The van der Waals surface area contributed by atoms with Crippen LogP contribution in [0.1, 0.15) is 49.3 Å². The SMILES string of the molecule is CC(=O)N[C@H](CCCNC(=N)N)C(=O)N[C@@H](C)C(=O)N[C@@H](CCCNC(=N)N)C(=O)c1nc2ccccc2s1. The molecule has 15 heteroatoms. The molecule has 212 valence electrons. The Morgan fingerprint density at radius 1 is 0.897 bits per heavy atom. The van der Waals surface area contributed by atoms with Crippen LogP contribution in [0.5, 0.6) is 0 Å². The number of carbonyl (C=O) groups is 4. The molecule has 0 aliphatic rings. The summed E-state index contributed by atoms with van der Waals surface area (Å²) >= 11 is 1.23. The monoisotopic (exact) mass is 560 g/mol. The Hall–Kier alpha value is -4.27. The zero-order valence-electron chi connectivity index (χ0n) is 21.9. The molecule has 3 amide bonds. The van der Waals surface area contributed by atoms with Crippen LogP contribution in [-0.2, 0) is 14.4 Å². The number of guanidine groups is 2. The Kier molecular flexibility index (Phi) is 12.1. The van der Waals surface area contributed by atoms with Gasteiger partial charge in [-0.3, -0.25) is 30.0 Å². The Balaban J connectivity index is 2.07. The highest BCUT2D eigenvalue weighted by Gasteiger charge is 2.28. The first-order valence-corrected chi connectivity index (χ1v) is 13.2. The van der Waals surface area contributed by atoms with Crippen molar-refractivity contribution < 1.29 is 19.2 Å². The lowest BCUT2D eigenvalue weighted by Gasteiger charge is -2.23. The zero-order chi connectivity index (χ0) is 28.9. The molecule has 3 atom stereocenters. The highest BCUT2D eigenvalue weighted by atomic mass is 32.1. The summed E-state index contributed by atoms with van der Waals surface area (Å²) in [6.07, 6.45) is 1.37. The van der Waals surface area contributed by atoms with Crippen LogP contribution in [0.15, 0.2) is 24.3 Å². The van der Waals surface area contributed by atoms with E-state index in [2.05, 4.69) is 31.6 Å². The van der Waals surface area contributed by atoms with Crippen molar-refractivity contribution in [2.45, 2.75) is 57.7 Å². The normalized spacial score (nSPS) is 13.0. The van der Waals surface area contributed by atoms with Crippen LogP contribution in [0.25, 0.3) is 10.2 Å². The number of thiazole rings is 1. The summed E-state index contributed by atoms with van der Waals surface area (Å²) in [5.41, 5.74) is 11.2. The molecule has 14 nitrogen and oxygen atoms in total. The predicted molar refractivity (Wildman–Crippen MR) is 149 cm³/mol. The van der Waals surface area contributed by atoms with Gasteiger partial charge in [0.1, 0.15) is 12.1 Å². The van der Waals surface area contributed by atoms with Crippen LogP contribution >= 0.6 is 11.3 Å². The first-order chi connectivity index (χ1) is 18.5. The maximum absolute atomic E-state index is 13.3. The fourth-order valence-corrected chi connectivity index (χ4v) is 4.60. The number of fused-ring (bicyclic) bond motifs is 1. The molecular weight excluding hydrogens is 524 g/mol. The molecule has 0 aliphatic carbocycles. The average molecular weight is 561 g/mol. The number of amides is 3. The van der Waals surface area contributed by atoms with Crippen molar-refractivity contribution in [3.05, 3.63) is 29.3 Å². The van der Waals surface area contributed by atoms with E-state index >= 15 is 0 Å². The van der Waals surface area contributed by atoms with Gasteiger partial charge < -0.3 is 38.1 Å². The Morgan fingerprint density at radius 2 is 1.49 bits per heavy atom. The number of rotatable bonds is 15. The number of nitrogens with zero attached hydrogens (tertiary/aromatic N) is 1. The number of hydrogen-bond acceptors (Lipinski definition) is 8. The lowest BCUT2D eigenvalue weighted by molar-refractivity contribution is -0.131. The van der Waals surface area contributed by atoms with Gasteiger partial charge in [0.25, 0.3) is 0 Å². The first-order valence-electron chi connectivity index (χ1n) is 12.4. The van der Waals surface area contributed by atoms with Gasteiger partial charge in [0.2, 0.25) is 23.5 Å². The van der Waals surface area contributed by atoms with Gasteiger partial charge in [-0.25, -0.2) is 4.98 Å². The van der Waals surface area contributed by atoms with Crippen LogP contribution in [-0.4, -0.2) is 71.6 Å². The summed E-state index contributed by atoms with van der Waals surface area (Å²) in [5, 5.41) is 27.9.